The smallest absolute Gasteiger partial charge is 0.227 e. The fraction of sp³-hybridized carbons (Fsp3) is 0.278. The molecule has 1 N–H and O–H groups in total. The van der Waals surface area contributed by atoms with E-state index < -0.39 is 0 Å². The Morgan fingerprint density at radius 1 is 1.10 bits per heavy atom. The van der Waals surface area contributed by atoms with Crippen molar-refractivity contribution in [3.8, 4) is 11.5 Å². The monoisotopic (exact) mass is 281 g/mol. The summed E-state index contributed by atoms with van der Waals surface area (Å²) < 4.78 is 5.81. The van der Waals surface area contributed by atoms with Gasteiger partial charge in [-0.3, -0.25) is 4.79 Å². The molecule has 0 spiro atoms. The maximum absolute atomic E-state index is 12.1. The zero-order valence-corrected chi connectivity index (χ0v) is 12.1. The second-order valence-corrected chi connectivity index (χ2v) is 5.49. The fourth-order valence-corrected chi connectivity index (χ4v) is 2.18. The molecular formula is C18H19NO2. The van der Waals surface area contributed by atoms with E-state index in [1.54, 1.807) is 0 Å². The Bertz CT molecular complexity index is 620. The van der Waals surface area contributed by atoms with Gasteiger partial charge in [-0.2, -0.15) is 0 Å². The number of hydrogen-bond acceptors (Lipinski definition) is 2. The predicted octanol–water partition coefficient (Wildman–Crippen LogP) is 3.86. The number of hydrogen-bond donors (Lipinski definition) is 1. The summed E-state index contributed by atoms with van der Waals surface area (Å²) in [4.78, 5) is 12.1. The molecule has 2 aromatic rings. The first-order valence-electron chi connectivity index (χ1n) is 7.35. The third-order valence-corrected chi connectivity index (χ3v) is 3.65. The molecule has 1 unspecified atom stereocenters. The van der Waals surface area contributed by atoms with Crippen LogP contribution in [0.25, 0.3) is 0 Å². The van der Waals surface area contributed by atoms with E-state index in [1.165, 1.54) is 0 Å². The van der Waals surface area contributed by atoms with Crippen molar-refractivity contribution >= 4 is 5.91 Å². The van der Waals surface area contributed by atoms with E-state index in [0.717, 1.165) is 29.9 Å². The minimum Gasteiger partial charge on any atom is -0.457 e. The van der Waals surface area contributed by atoms with Crippen molar-refractivity contribution in [2.75, 3.05) is 0 Å². The van der Waals surface area contributed by atoms with Crippen molar-refractivity contribution in [1.82, 2.24) is 5.32 Å². The first-order chi connectivity index (χ1) is 10.2. The number of nitrogens with one attached hydrogen (secondary N) is 1. The van der Waals surface area contributed by atoms with Gasteiger partial charge in [0.15, 0.2) is 0 Å². The molecule has 0 saturated heterocycles. The summed E-state index contributed by atoms with van der Waals surface area (Å²) in [6, 6.07) is 17.8. The second kappa shape index (κ2) is 6.00. The minimum absolute atomic E-state index is 0.0920. The van der Waals surface area contributed by atoms with Gasteiger partial charge in [-0.15, -0.1) is 0 Å². The highest BCUT2D eigenvalue weighted by molar-refractivity contribution is 5.83. The average molecular weight is 281 g/mol. The maximum Gasteiger partial charge on any atom is 0.227 e. The molecule has 1 saturated carbocycles. The third-order valence-electron chi connectivity index (χ3n) is 3.65. The lowest BCUT2D eigenvalue weighted by Crippen LogP contribution is -2.29. The van der Waals surface area contributed by atoms with E-state index >= 15 is 0 Å². The van der Waals surface area contributed by atoms with Gasteiger partial charge >= 0.3 is 0 Å². The Kier molecular flexibility index (Phi) is 3.91. The molecule has 0 heterocycles. The van der Waals surface area contributed by atoms with Crippen LogP contribution in [0.4, 0.5) is 0 Å². The van der Waals surface area contributed by atoms with Gasteiger partial charge in [0.05, 0.1) is 5.92 Å². The molecule has 3 rings (SSSR count). The number of carbonyl (C=O) groups excluding carboxylic acids is 1. The number of amides is 1. The lowest BCUT2D eigenvalue weighted by Gasteiger charge is -2.13. The van der Waals surface area contributed by atoms with Crippen LogP contribution in [0, 0.1) is 0 Å². The number of benzene rings is 2. The molecule has 1 amide bonds. The Morgan fingerprint density at radius 3 is 2.52 bits per heavy atom. The molecule has 1 aliphatic rings. The van der Waals surface area contributed by atoms with Gasteiger partial charge in [-0.05, 0) is 49.6 Å². The summed E-state index contributed by atoms with van der Waals surface area (Å²) in [6.07, 6.45) is 2.21. The average Bonchev–Trinajstić information content (AvgIpc) is 3.32. The zero-order chi connectivity index (χ0) is 14.7. The summed E-state index contributed by atoms with van der Waals surface area (Å²) in [5, 5.41) is 3.04. The van der Waals surface area contributed by atoms with Crippen LogP contribution >= 0.6 is 0 Å². The number of ether oxygens (including phenoxy) is 1. The highest BCUT2D eigenvalue weighted by Gasteiger charge is 2.26. The van der Waals surface area contributed by atoms with Crippen LogP contribution in [0.15, 0.2) is 54.6 Å². The molecule has 21 heavy (non-hydrogen) atoms. The third kappa shape index (κ3) is 3.63. The van der Waals surface area contributed by atoms with E-state index in [4.69, 9.17) is 4.74 Å². The molecule has 1 atom stereocenters. The summed E-state index contributed by atoms with van der Waals surface area (Å²) in [6.45, 7) is 1.93. The Labute approximate surface area is 124 Å². The summed E-state index contributed by atoms with van der Waals surface area (Å²) in [7, 11) is 0. The molecule has 2 aromatic carbocycles. The molecule has 3 nitrogen and oxygen atoms in total. The van der Waals surface area contributed by atoms with Gasteiger partial charge in [0.25, 0.3) is 0 Å². The zero-order valence-electron chi connectivity index (χ0n) is 12.1. The summed E-state index contributed by atoms with van der Waals surface area (Å²) in [5.74, 6) is 1.48. The van der Waals surface area contributed by atoms with Crippen molar-refractivity contribution in [3.05, 3.63) is 60.2 Å². The molecular weight excluding hydrogens is 262 g/mol. The lowest BCUT2D eigenvalue weighted by atomic mass is 10.00. The van der Waals surface area contributed by atoms with Gasteiger partial charge in [0.2, 0.25) is 5.91 Å². The standard InChI is InChI=1S/C18H19NO2/c1-13(18(20)19-15-10-11-15)14-6-5-9-17(12-14)21-16-7-3-2-4-8-16/h2-9,12-13,15H,10-11H2,1H3,(H,19,20). The second-order valence-electron chi connectivity index (χ2n) is 5.49. The molecule has 1 fully saturated rings. The topological polar surface area (TPSA) is 38.3 Å². The number of carbonyl (C=O) groups is 1. The highest BCUT2D eigenvalue weighted by Crippen LogP contribution is 2.26. The molecule has 0 bridgehead atoms. The van der Waals surface area contributed by atoms with Gasteiger partial charge in [0, 0.05) is 6.04 Å². The van der Waals surface area contributed by atoms with Crippen LogP contribution in [0.2, 0.25) is 0 Å². The van der Waals surface area contributed by atoms with Crippen molar-refractivity contribution < 1.29 is 9.53 Å². The van der Waals surface area contributed by atoms with Gasteiger partial charge < -0.3 is 10.1 Å². The van der Waals surface area contributed by atoms with Crippen molar-refractivity contribution in [2.45, 2.75) is 31.7 Å². The maximum atomic E-state index is 12.1. The lowest BCUT2D eigenvalue weighted by molar-refractivity contribution is -0.122. The van der Waals surface area contributed by atoms with E-state index in [-0.39, 0.29) is 11.8 Å². The van der Waals surface area contributed by atoms with Crippen molar-refractivity contribution in [3.63, 3.8) is 0 Å². The van der Waals surface area contributed by atoms with Crippen LogP contribution in [-0.4, -0.2) is 11.9 Å². The van der Waals surface area contributed by atoms with E-state index in [9.17, 15) is 4.79 Å². The van der Waals surface area contributed by atoms with Gasteiger partial charge in [-0.1, -0.05) is 30.3 Å². The van der Waals surface area contributed by atoms with Crippen LogP contribution in [-0.2, 0) is 4.79 Å². The van der Waals surface area contributed by atoms with Crippen LogP contribution in [0.3, 0.4) is 0 Å². The molecule has 0 aliphatic heterocycles. The van der Waals surface area contributed by atoms with Crippen LogP contribution in [0.1, 0.15) is 31.2 Å². The molecule has 0 aromatic heterocycles. The molecule has 1 aliphatic carbocycles. The number of rotatable bonds is 5. The van der Waals surface area contributed by atoms with E-state index in [1.807, 2.05) is 61.5 Å². The van der Waals surface area contributed by atoms with Crippen LogP contribution < -0.4 is 10.1 Å². The van der Waals surface area contributed by atoms with Gasteiger partial charge in [0.1, 0.15) is 11.5 Å². The molecule has 3 heteroatoms. The van der Waals surface area contributed by atoms with Crippen molar-refractivity contribution in [2.24, 2.45) is 0 Å². The predicted molar refractivity (Wildman–Crippen MR) is 82.5 cm³/mol. The first-order valence-corrected chi connectivity index (χ1v) is 7.35. The molecule has 108 valence electrons. The van der Waals surface area contributed by atoms with Gasteiger partial charge in [-0.25, -0.2) is 0 Å². The summed E-state index contributed by atoms with van der Waals surface area (Å²) >= 11 is 0. The Morgan fingerprint density at radius 2 is 1.81 bits per heavy atom. The summed E-state index contributed by atoms with van der Waals surface area (Å²) in [5.41, 5.74) is 0.974. The first kappa shape index (κ1) is 13.7. The number of para-hydroxylation sites is 1. The minimum atomic E-state index is -0.162. The Hall–Kier alpha value is -2.29. The highest BCUT2D eigenvalue weighted by atomic mass is 16.5. The quantitative estimate of drug-likeness (QED) is 0.903. The SMILES string of the molecule is CC(C(=O)NC1CC1)c1cccc(Oc2ccccc2)c1. The van der Waals surface area contributed by atoms with Crippen LogP contribution in [0.5, 0.6) is 11.5 Å². The normalized spacial score (nSPS) is 15.3. The Balaban J connectivity index is 1.71. The van der Waals surface area contributed by atoms with E-state index in [0.29, 0.717) is 6.04 Å². The van der Waals surface area contributed by atoms with Crippen molar-refractivity contribution in [1.29, 1.82) is 0 Å². The molecule has 0 radical (unpaired) electrons. The fourth-order valence-electron chi connectivity index (χ4n) is 2.18. The van der Waals surface area contributed by atoms with E-state index in [2.05, 4.69) is 5.32 Å². The largest absolute Gasteiger partial charge is 0.457 e.